The van der Waals surface area contributed by atoms with Gasteiger partial charge in [0.15, 0.2) is 0 Å². The van der Waals surface area contributed by atoms with Crippen LogP contribution in [0.1, 0.15) is 13.8 Å². The van der Waals surface area contributed by atoms with Crippen molar-refractivity contribution in [3.8, 4) is 0 Å². The summed E-state index contributed by atoms with van der Waals surface area (Å²) in [5, 5.41) is 8.08. The first-order chi connectivity index (χ1) is 3.98. The zero-order valence-corrected chi connectivity index (χ0v) is 6.27. The van der Waals surface area contributed by atoms with Crippen LogP contribution in [0, 0.1) is 0 Å². The van der Waals surface area contributed by atoms with Gasteiger partial charge < -0.3 is 9.63 Å². The van der Waals surface area contributed by atoms with Gasteiger partial charge in [-0.25, -0.2) is 0 Å². The fourth-order valence-electron chi connectivity index (χ4n) is 0.348. The van der Waals surface area contributed by atoms with Crippen molar-refractivity contribution in [1.82, 2.24) is 0 Å². The maximum absolute atomic E-state index is 12.2. The van der Waals surface area contributed by atoms with E-state index in [2.05, 4.69) is 4.52 Å². The van der Waals surface area contributed by atoms with E-state index < -0.39 is 20.1 Å². The zero-order chi connectivity index (χ0) is 7.49. The van der Waals surface area contributed by atoms with Gasteiger partial charge in [-0.1, -0.05) is 0 Å². The van der Waals surface area contributed by atoms with Crippen molar-refractivity contribution >= 4 is 7.68 Å². The summed E-state index contributed by atoms with van der Waals surface area (Å²) in [4.78, 5) is 0. The number of rotatable bonds is 3. The highest BCUT2D eigenvalue weighted by Gasteiger charge is 2.21. The fourth-order valence-corrected chi connectivity index (χ4v) is 1.04. The highest BCUT2D eigenvalue weighted by molar-refractivity contribution is 7.53. The van der Waals surface area contributed by atoms with Crippen molar-refractivity contribution in [2.24, 2.45) is 0 Å². The van der Waals surface area contributed by atoms with E-state index in [9.17, 15) is 8.76 Å². The predicted octanol–water partition coefficient (Wildman–Crippen LogP) is 1.52. The maximum atomic E-state index is 12.2. The minimum Gasteiger partial charge on any atom is -0.383 e. The molecule has 1 N–H and O–H groups in total. The Morgan fingerprint density at radius 3 is 2.33 bits per heavy atom. The van der Waals surface area contributed by atoms with Gasteiger partial charge in [0.25, 0.3) is 0 Å². The van der Waals surface area contributed by atoms with Crippen LogP contribution in [0.5, 0.6) is 0 Å². The van der Waals surface area contributed by atoms with Crippen LogP contribution in [0.2, 0.25) is 0 Å². The molecule has 0 aliphatic heterocycles. The van der Waals surface area contributed by atoms with E-state index in [4.69, 9.17) is 5.11 Å². The quantitative estimate of drug-likeness (QED) is 0.630. The third-order valence-corrected chi connectivity index (χ3v) is 1.61. The summed E-state index contributed by atoms with van der Waals surface area (Å²) >= 11 is 0. The molecule has 5 heteroatoms. The number of aliphatic hydroxyl groups is 1. The third-order valence-electron chi connectivity index (χ3n) is 0.537. The van der Waals surface area contributed by atoms with Gasteiger partial charge in [0.05, 0.1) is 6.10 Å². The van der Waals surface area contributed by atoms with E-state index in [1.807, 2.05) is 0 Å². The van der Waals surface area contributed by atoms with E-state index in [0.29, 0.717) is 0 Å². The lowest BCUT2D eigenvalue weighted by Gasteiger charge is -2.08. The average molecular weight is 156 g/mol. The molecule has 56 valence electrons. The molecule has 0 amide bonds. The summed E-state index contributed by atoms with van der Waals surface area (Å²) < 4.78 is 26.6. The summed E-state index contributed by atoms with van der Waals surface area (Å²) in [5.41, 5.74) is 0. The van der Waals surface area contributed by atoms with Gasteiger partial charge in [-0.2, -0.15) is 4.20 Å². The Bertz CT molecular complexity index is 125. The van der Waals surface area contributed by atoms with Crippen molar-refractivity contribution < 1.29 is 18.4 Å². The molecule has 0 aliphatic rings. The van der Waals surface area contributed by atoms with Crippen molar-refractivity contribution in [2.75, 3.05) is 6.35 Å². The molecule has 0 bridgehead atoms. The normalized spacial score (nSPS) is 17.9. The monoisotopic (exact) mass is 156 g/mol. The van der Waals surface area contributed by atoms with Crippen molar-refractivity contribution in [3.05, 3.63) is 0 Å². The highest BCUT2D eigenvalue weighted by Crippen LogP contribution is 2.48. The largest absolute Gasteiger partial charge is 0.392 e. The SMILES string of the molecule is CC(C)OP(=O)(F)CO. The maximum Gasteiger partial charge on any atom is 0.392 e. The fraction of sp³-hybridized carbons (Fsp3) is 1.00. The van der Waals surface area contributed by atoms with Gasteiger partial charge in [-0.05, 0) is 13.8 Å². The first kappa shape index (κ1) is 9.08. The topological polar surface area (TPSA) is 46.5 Å². The number of aliphatic hydroxyl groups excluding tert-OH is 1. The summed E-state index contributed by atoms with van der Waals surface area (Å²) in [5.74, 6) is 0. The summed E-state index contributed by atoms with van der Waals surface area (Å²) in [7, 11) is -4.17. The van der Waals surface area contributed by atoms with Gasteiger partial charge >= 0.3 is 7.68 Å². The lowest BCUT2D eigenvalue weighted by atomic mass is 10.5. The lowest BCUT2D eigenvalue weighted by molar-refractivity contribution is 0.202. The molecule has 1 atom stereocenters. The molecule has 0 rings (SSSR count). The van der Waals surface area contributed by atoms with Crippen LogP contribution in [0.15, 0.2) is 0 Å². The summed E-state index contributed by atoms with van der Waals surface area (Å²) in [6, 6.07) is 0. The Hall–Kier alpha value is 0.0800. The van der Waals surface area contributed by atoms with Gasteiger partial charge in [-0.3, -0.25) is 4.57 Å². The van der Waals surface area contributed by atoms with E-state index in [0.717, 1.165) is 0 Å². The second-order valence-electron chi connectivity index (χ2n) is 1.89. The van der Waals surface area contributed by atoms with Crippen LogP contribution in [-0.2, 0) is 9.09 Å². The Morgan fingerprint density at radius 2 is 2.22 bits per heavy atom. The molecule has 1 unspecified atom stereocenters. The van der Waals surface area contributed by atoms with Crippen molar-refractivity contribution in [1.29, 1.82) is 0 Å². The van der Waals surface area contributed by atoms with Crippen LogP contribution >= 0.6 is 7.68 Å². The Balaban J connectivity index is 3.73. The Labute approximate surface area is 53.4 Å². The van der Waals surface area contributed by atoms with E-state index in [-0.39, 0.29) is 0 Å². The van der Waals surface area contributed by atoms with Crippen molar-refractivity contribution in [3.63, 3.8) is 0 Å². The van der Waals surface area contributed by atoms with E-state index >= 15 is 0 Å². The van der Waals surface area contributed by atoms with Gasteiger partial charge in [-0.15, -0.1) is 0 Å². The first-order valence-corrected chi connectivity index (χ1v) is 4.26. The highest BCUT2D eigenvalue weighted by atomic mass is 31.2. The third kappa shape index (κ3) is 4.58. The molecule has 0 fully saturated rings. The predicted molar refractivity (Wildman–Crippen MR) is 32.0 cm³/mol. The molecule has 0 aromatic heterocycles. The molecular formula is C4H10FO3P. The number of hydrogen-bond acceptors (Lipinski definition) is 3. The van der Waals surface area contributed by atoms with Crippen LogP contribution in [0.25, 0.3) is 0 Å². The molecular weight excluding hydrogens is 146 g/mol. The average Bonchev–Trinajstić information content (AvgIpc) is 1.63. The zero-order valence-electron chi connectivity index (χ0n) is 5.37. The lowest BCUT2D eigenvalue weighted by Crippen LogP contribution is -1.99. The van der Waals surface area contributed by atoms with Crippen LogP contribution in [-0.4, -0.2) is 17.6 Å². The second kappa shape index (κ2) is 3.30. The molecule has 0 aliphatic carbocycles. The minimum absolute atomic E-state index is 0.451. The Morgan fingerprint density at radius 1 is 1.78 bits per heavy atom. The van der Waals surface area contributed by atoms with E-state index in [1.165, 1.54) is 0 Å². The first-order valence-electron chi connectivity index (χ1n) is 2.56. The molecule has 0 heterocycles. The smallest absolute Gasteiger partial charge is 0.383 e. The van der Waals surface area contributed by atoms with Crippen LogP contribution in [0.3, 0.4) is 0 Å². The number of halogens is 1. The minimum atomic E-state index is -4.17. The summed E-state index contributed by atoms with van der Waals surface area (Å²) in [6.07, 6.45) is -1.49. The van der Waals surface area contributed by atoms with Gasteiger partial charge in [0, 0.05) is 0 Å². The second-order valence-corrected chi connectivity index (χ2v) is 3.56. The summed E-state index contributed by atoms with van der Waals surface area (Å²) in [6.45, 7) is 3.09. The molecule has 0 radical (unpaired) electrons. The van der Waals surface area contributed by atoms with Gasteiger partial charge in [0.1, 0.15) is 6.35 Å². The molecule has 0 saturated carbocycles. The molecule has 9 heavy (non-hydrogen) atoms. The molecule has 0 saturated heterocycles. The molecule has 3 nitrogen and oxygen atoms in total. The van der Waals surface area contributed by atoms with Gasteiger partial charge in [0.2, 0.25) is 0 Å². The van der Waals surface area contributed by atoms with Crippen molar-refractivity contribution in [2.45, 2.75) is 20.0 Å². The number of hydrogen-bond donors (Lipinski definition) is 1. The molecule has 0 spiro atoms. The standard InChI is InChI=1S/C4H10FO3P/c1-4(2)8-9(5,7)3-6/h4,6H,3H2,1-2H3. The van der Waals surface area contributed by atoms with Crippen LogP contribution in [0.4, 0.5) is 4.20 Å². The van der Waals surface area contributed by atoms with Crippen LogP contribution < -0.4 is 0 Å². The molecule has 0 aromatic carbocycles. The molecule has 0 aromatic rings. The van der Waals surface area contributed by atoms with E-state index in [1.54, 1.807) is 13.8 Å². The Kier molecular flexibility index (Phi) is 3.33.